The van der Waals surface area contributed by atoms with Gasteiger partial charge in [0.1, 0.15) is 0 Å². The van der Waals surface area contributed by atoms with Crippen molar-refractivity contribution in [2.24, 2.45) is 0 Å². The molecule has 0 atom stereocenters. The van der Waals surface area contributed by atoms with E-state index in [0.717, 1.165) is 10.3 Å². The monoisotopic (exact) mass is 571 g/mol. The summed E-state index contributed by atoms with van der Waals surface area (Å²) in [5.74, 6) is 0. The van der Waals surface area contributed by atoms with Gasteiger partial charge in [0.2, 0.25) is 0 Å². The van der Waals surface area contributed by atoms with E-state index in [0.29, 0.717) is 0 Å². The fourth-order valence-corrected chi connectivity index (χ4v) is 7.27. The van der Waals surface area contributed by atoms with Gasteiger partial charge in [-0.2, -0.15) is 0 Å². The van der Waals surface area contributed by atoms with Crippen molar-refractivity contribution < 1.29 is 0 Å². The van der Waals surface area contributed by atoms with E-state index in [1.807, 2.05) is 6.08 Å². The van der Waals surface area contributed by atoms with Gasteiger partial charge in [0.15, 0.2) is 0 Å². The van der Waals surface area contributed by atoms with Crippen LogP contribution in [-0.4, -0.2) is 13.1 Å². The van der Waals surface area contributed by atoms with E-state index in [-0.39, 0.29) is 0 Å². The first kappa shape index (κ1) is 27.0. The van der Waals surface area contributed by atoms with Crippen LogP contribution in [0.25, 0.3) is 82.5 Å². The molecule has 1 nitrogen and oxygen atoms in total. The molecule has 1 N–H and O–H groups in total. The van der Waals surface area contributed by atoms with Crippen molar-refractivity contribution in [3.63, 3.8) is 0 Å². The van der Waals surface area contributed by atoms with Crippen LogP contribution in [0, 0.1) is 10.5 Å². The van der Waals surface area contributed by atoms with E-state index in [2.05, 4.69) is 159 Å². The minimum absolute atomic E-state index is 1.07. The van der Waals surface area contributed by atoms with Crippen molar-refractivity contribution in [3.05, 3.63) is 156 Å². The van der Waals surface area contributed by atoms with Crippen LogP contribution in [0.5, 0.6) is 0 Å². The predicted molar refractivity (Wildman–Crippen MR) is 196 cm³/mol. The number of rotatable bonds is 4. The summed E-state index contributed by atoms with van der Waals surface area (Å²) in [6.45, 7) is 4.34. The van der Waals surface area contributed by atoms with Crippen molar-refractivity contribution >= 4 is 62.3 Å². The number of hydrogen-bond donors (Lipinski definition) is 1. The van der Waals surface area contributed by atoms with Crippen molar-refractivity contribution in [1.29, 1.82) is 5.41 Å². The molecule has 0 aliphatic carbocycles. The molecule has 0 amide bonds. The summed E-state index contributed by atoms with van der Waals surface area (Å²) in [5, 5.41) is 20.2. The quantitative estimate of drug-likeness (QED) is 0.161. The van der Waals surface area contributed by atoms with E-state index in [1.54, 1.807) is 0 Å². The number of nitrogens with one attached hydrogen (secondary N) is 1. The Morgan fingerprint density at radius 3 is 1.47 bits per heavy atom. The van der Waals surface area contributed by atoms with Gasteiger partial charge in [0.05, 0.1) is 0 Å². The summed E-state index contributed by atoms with van der Waals surface area (Å²) >= 11 is 0. The van der Waals surface area contributed by atoms with Gasteiger partial charge in [-0.05, 0) is 0 Å². The molecule has 0 fully saturated rings. The van der Waals surface area contributed by atoms with Gasteiger partial charge in [-0.3, -0.25) is 0 Å². The zero-order chi connectivity index (χ0) is 30.3. The maximum atomic E-state index is 8.24. The van der Waals surface area contributed by atoms with E-state index in [4.69, 9.17) is 5.41 Å². The molecule has 45 heavy (non-hydrogen) atoms. The molecular weight excluding hydrogens is 541 g/mol. The van der Waals surface area contributed by atoms with Gasteiger partial charge in [-0.1, -0.05) is 0 Å². The summed E-state index contributed by atoms with van der Waals surface area (Å²) < 4.78 is 0. The average Bonchev–Trinajstić information content (AvgIpc) is 3.10. The fraction of sp³-hybridized carbons (Fsp3) is 0.0233. The normalized spacial score (nSPS) is 12.3. The number of benzene rings is 8. The van der Waals surface area contributed by atoms with Crippen LogP contribution in [0.15, 0.2) is 146 Å². The van der Waals surface area contributed by atoms with Crippen molar-refractivity contribution in [3.8, 4) is 33.4 Å². The Labute approximate surface area is 263 Å². The standard InChI is InChI=1S/C43H30BN/c1-44-43-40(26-27-45)41(36-23-11-15-29-13-3-5-17-31(29)36)37-20-8-9-21-38(37)42(43)39-25-24-35(33-18-6-7-19-34(33)39)32-22-10-14-28-12-2-4-16-30(28)32/h2-27,45H,1H3/b40-26-,45-27?. The summed E-state index contributed by atoms with van der Waals surface area (Å²) in [5.41, 5.74) is 7.22. The van der Waals surface area contributed by atoms with Gasteiger partial charge < -0.3 is 0 Å². The first-order valence-electron chi connectivity index (χ1n) is 15.5. The summed E-state index contributed by atoms with van der Waals surface area (Å²) in [6.07, 6.45) is 3.40. The molecule has 0 heterocycles. The molecule has 8 rings (SSSR count). The van der Waals surface area contributed by atoms with Crippen molar-refractivity contribution in [1.82, 2.24) is 0 Å². The Kier molecular flexibility index (Phi) is 6.69. The molecule has 8 aromatic rings. The topological polar surface area (TPSA) is 23.9 Å². The Morgan fingerprint density at radius 2 is 0.844 bits per heavy atom. The summed E-state index contributed by atoms with van der Waals surface area (Å²) in [7, 11) is 0. The van der Waals surface area contributed by atoms with Gasteiger partial charge in [-0.15, -0.1) is 0 Å². The molecule has 0 radical (unpaired) electrons. The molecule has 0 aromatic heterocycles. The first-order chi connectivity index (χ1) is 22.3. The van der Waals surface area contributed by atoms with E-state index < -0.39 is 0 Å². The van der Waals surface area contributed by atoms with Gasteiger partial charge in [-0.25, -0.2) is 0 Å². The van der Waals surface area contributed by atoms with Crippen LogP contribution in [0.4, 0.5) is 0 Å². The van der Waals surface area contributed by atoms with Gasteiger partial charge in [0.25, 0.3) is 0 Å². The molecule has 0 bridgehead atoms. The van der Waals surface area contributed by atoms with Gasteiger partial charge in [0, 0.05) is 0 Å². The third-order valence-electron chi connectivity index (χ3n) is 9.17. The number of hydrogen-bond acceptors (Lipinski definition) is 1. The van der Waals surface area contributed by atoms with Crippen LogP contribution in [0.2, 0.25) is 6.82 Å². The molecule has 0 saturated carbocycles. The average molecular weight is 572 g/mol. The first-order valence-corrected chi connectivity index (χ1v) is 15.5. The molecule has 0 saturated heterocycles. The van der Waals surface area contributed by atoms with Crippen LogP contribution in [-0.2, 0) is 0 Å². The third kappa shape index (κ3) is 4.33. The third-order valence-corrected chi connectivity index (χ3v) is 9.17. The van der Waals surface area contributed by atoms with Crippen LogP contribution < -0.4 is 5.22 Å². The molecule has 0 unspecified atom stereocenters. The molecule has 2 heteroatoms. The fourth-order valence-electron chi connectivity index (χ4n) is 7.27. The Bertz CT molecular complexity index is 2570. The van der Waals surface area contributed by atoms with Crippen LogP contribution in [0.3, 0.4) is 0 Å². The van der Waals surface area contributed by atoms with Crippen LogP contribution in [0.1, 0.15) is 0 Å². The zero-order valence-electron chi connectivity index (χ0n) is 25.1. The molecule has 0 aliphatic rings. The Balaban J connectivity index is 1.51. The molecular formula is C43H30BN. The molecule has 0 spiro atoms. The number of fused-ring (bicyclic) bond motifs is 4. The summed E-state index contributed by atoms with van der Waals surface area (Å²) in [4.78, 5) is 0. The minimum atomic E-state index is 1.07. The van der Waals surface area contributed by atoms with E-state index >= 15 is 0 Å². The zero-order valence-corrected chi connectivity index (χ0v) is 25.1. The van der Waals surface area contributed by atoms with E-state index in [9.17, 15) is 0 Å². The van der Waals surface area contributed by atoms with Crippen molar-refractivity contribution in [2.45, 2.75) is 6.82 Å². The predicted octanol–water partition coefficient (Wildman–Crippen LogP) is 10.7. The van der Waals surface area contributed by atoms with E-state index in [1.165, 1.54) is 82.7 Å². The molecule has 210 valence electrons. The molecule has 8 aromatic carbocycles. The van der Waals surface area contributed by atoms with Crippen LogP contribution >= 0.6 is 0 Å². The maximum absolute atomic E-state index is 8.24. The summed E-state index contributed by atoms with van der Waals surface area (Å²) in [6, 6.07) is 52.5. The van der Waals surface area contributed by atoms with Crippen molar-refractivity contribution in [2.75, 3.05) is 0 Å². The second-order valence-corrected chi connectivity index (χ2v) is 11.5. The second-order valence-electron chi connectivity index (χ2n) is 11.5. The Hall–Kier alpha value is -5.60. The van der Waals surface area contributed by atoms with Gasteiger partial charge >= 0.3 is 264 Å². The Morgan fingerprint density at radius 1 is 0.422 bits per heavy atom. The second kappa shape index (κ2) is 11.2. The molecule has 0 aliphatic heterocycles. The SMILES string of the molecule is C/B=c1/c(-c2ccc(-c3cccc4ccccc34)c3ccccc23)c2ccccc2c(-c2cccc3ccccc23)/c1=C/C=N.